The van der Waals surface area contributed by atoms with E-state index in [9.17, 15) is 9.59 Å². The number of hydrogen-bond donors (Lipinski definition) is 0. The van der Waals surface area contributed by atoms with Crippen molar-refractivity contribution in [3.8, 4) is 18.1 Å². The van der Waals surface area contributed by atoms with Crippen molar-refractivity contribution in [2.45, 2.75) is 66.2 Å². The maximum Gasteiger partial charge on any atom is 0.162 e. The lowest BCUT2D eigenvalue weighted by atomic mass is 9.63. The fourth-order valence-electron chi connectivity index (χ4n) is 5.76. The molecule has 0 unspecified atom stereocenters. The molecule has 0 fully saturated rings. The summed E-state index contributed by atoms with van der Waals surface area (Å²) in [5, 5.41) is 0. The summed E-state index contributed by atoms with van der Waals surface area (Å²) in [5.74, 6) is 3.00. The van der Waals surface area contributed by atoms with Crippen molar-refractivity contribution in [1.82, 2.24) is 4.90 Å². The highest BCUT2D eigenvalue weighted by molar-refractivity contribution is 9.11. The molecule has 0 N–H and O–H groups in total. The van der Waals surface area contributed by atoms with E-state index in [0.717, 1.165) is 56.4 Å². The Labute approximate surface area is 219 Å². The Morgan fingerprint density at radius 1 is 0.971 bits per heavy atom. The van der Waals surface area contributed by atoms with E-state index in [1.165, 1.54) is 0 Å². The molecule has 3 aliphatic rings. The summed E-state index contributed by atoms with van der Waals surface area (Å²) in [6.07, 6.45) is 7.96. The van der Waals surface area contributed by atoms with Gasteiger partial charge in [0.25, 0.3) is 0 Å². The monoisotopic (exact) mass is 587 g/mol. The molecule has 0 spiro atoms. The van der Waals surface area contributed by atoms with Crippen LogP contribution in [-0.2, 0) is 9.59 Å². The van der Waals surface area contributed by atoms with Crippen molar-refractivity contribution in [2.75, 3.05) is 13.2 Å². The topological polar surface area (TPSA) is 46.6 Å². The van der Waals surface area contributed by atoms with E-state index in [0.29, 0.717) is 18.6 Å². The summed E-state index contributed by atoms with van der Waals surface area (Å²) in [5.41, 5.74) is 4.40. The molecule has 4 rings (SSSR count). The van der Waals surface area contributed by atoms with Crippen LogP contribution in [0.3, 0.4) is 0 Å². The summed E-state index contributed by atoms with van der Waals surface area (Å²) >= 11 is 7.25. The van der Waals surface area contributed by atoms with Crippen molar-refractivity contribution in [3.05, 3.63) is 49.2 Å². The molecule has 4 nitrogen and oxygen atoms in total. The summed E-state index contributed by atoms with van der Waals surface area (Å²) in [6.45, 7) is 11.6. The van der Waals surface area contributed by atoms with Crippen LogP contribution in [0.5, 0.6) is 5.75 Å². The minimum Gasteiger partial charge on any atom is -0.479 e. The van der Waals surface area contributed by atoms with Gasteiger partial charge in [0.05, 0.1) is 8.95 Å². The lowest BCUT2D eigenvalue weighted by Gasteiger charge is -2.49. The van der Waals surface area contributed by atoms with Gasteiger partial charge in [-0.05, 0) is 80.2 Å². The first-order valence-corrected chi connectivity index (χ1v) is 13.3. The van der Waals surface area contributed by atoms with Crippen LogP contribution in [0, 0.1) is 23.2 Å². The SMILES string of the molecule is C#CCOc1c(Br)cc(C2C3=C(CC(C)(C)CC3=O)N(CC)C3=C2C(=O)CC(C)(C)C3)cc1Br. The quantitative estimate of drug-likeness (QED) is 0.358. The molecule has 0 atom stereocenters. The van der Waals surface area contributed by atoms with Gasteiger partial charge in [-0.1, -0.05) is 33.6 Å². The van der Waals surface area contributed by atoms with Gasteiger partial charge in [-0.15, -0.1) is 6.42 Å². The van der Waals surface area contributed by atoms with Gasteiger partial charge in [0.1, 0.15) is 12.4 Å². The molecule has 0 bridgehead atoms. The Morgan fingerprint density at radius 3 is 1.85 bits per heavy atom. The maximum atomic E-state index is 13.7. The van der Waals surface area contributed by atoms with Gasteiger partial charge in [-0.25, -0.2) is 0 Å². The lowest BCUT2D eigenvalue weighted by molar-refractivity contribution is -0.119. The Balaban J connectivity index is 1.97. The first-order valence-electron chi connectivity index (χ1n) is 11.7. The van der Waals surface area contributed by atoms with Crippen LogP contribution in [0.15, 0.2) is 43.6 Å². The highest BCUT2D eigenvalue weighted by Gasteiger charge is 2.48. The first kappa shape index (κ1) is 25.3. The van der Waals surface area contributed by atoms with E-state index in [1.807, 2.05) is 12.1 Å². The van der Waals surface area contributed by atoms with Gasteiger partial charge in [-0.2, -0.15) is 0 Å². The Bertz CT molecular complexity index is 1110. The normalized spacial score (nSPS) is 21.9. The number of ether oxygens (including phenoxy) is 1. The van der Waals surface area contributed by atoms with E-state index in [2.05, 4.69) is 77.3 Å². The minimum atomic E-state index is -0.380. The zero-order valence-electron chi connectivity index (χ0n) is 20.5. The van der Waals surface area contributed by atoms with E-state index in [-0.39, 0.29) is 34.9 Å². The number of hydrogen-bond acceptors (Lipinski definition) is 4. The van der Waals surface area contributed by atoms with E-state index in [4.69, 9.17) is 11.2 Å². The van der Waals surface area contributed by atoms with Crippen LogP contribution in [0.4, 0.5) is 0 Å². The fraction of sp³-hybridized carbons (Fsp3) is 0.500. The molecule has 1 aromatic carbocycles. The van der Waals surface area contributed by atoms with Crippen LogP contribution >= 0.6 is 31.9 Å². The van der Waals surface area contributed by atoms with Crippen molar-refractivity contribution in [1.29, 1.82) is 0 Å². The van der Waals surface area contributed by atoms with Crippen molar-refractivity contribution in [2.24, 2.45) is 10.8 Å². The third kappa shape index (κ3) is 4.42. The molecule has 0 saturated carbocycles. The smallest absolute Gasteiger partial charge is 0.162 e. The molecule has 0 amide bonds. The average molecular weight is 589 g/mol. The van der Waals surface area contributed by atoms with Gasteiger partial charge < -0.3 is 9.64 Å². The molecule has 1 heterocycles. The molecule has 0 aromatic heterocycles. The fourth-order valence-corrected chi connectivity index (χ4v) is 7.21. The number of benzene rings is 1. The largest absolute Gasteiger partial charge is 0.479 e. The second-order valence-corrected chi connectivity index (χ2v) is 12.8. The van der Waals surface area contributed by atoms with Crippen LogP contribution < -0.4 is 4.74 Å². The Hall–Kier alpha value is -1.84. The molecule has 2 aliphatic carbocycles. The van der Waals surface area contributed by atoms with Crippen molar-refractivity contribution >= 4 is 43.4 Å². The molecule has 6 heteroatoms. The third-order valence-corrected chi connectivity index (χ3v) is 8.17. The highest BCUT2D eigenvalue weighted by atomic mass is 79.9. The van der Waals surface area contributed by atoms with Crippen LogP contribution in [0.25, 0.3) is 0 Å². The van der Waals surface area contributed by atoms with Gasteiger partial charge in [0, 0.05) is 47.8 Å². The second-order valence-electron chi connectivity index (χ2n) is 11.1. The lowest BCUT2D eigenvalue weighted by Crippen LogP contribution is -2.44. The summed E-state index contributed by atoms with van der Waals surface area (Å²) < 4.78 is 7.18. The number of terminal acetylenes is 1. The Kier molecular flexibility index (Phi) is 6.68. The van der Waals surface area contributed by atoms with Gasteiger partial charge in [0.2, 0.25) is 0 Å². The highest BCUT2D eigenvalue weighted by Crippen LogP contribution is 2.55. The molecule has 34 heavy (non-hydrogen) atoms. The maximum absolute atomic E-state index is 13.7. The van der Waals surface area contributed by atoms with Crippen LogP contribution in [0.2, 0.25) is 0 Å². The molecule has 1 aromatic rings. The standard InChI is InChI=1S/C28H31Br2NO3/c1-7-9-34-26-17(29)10-16(11-18(26)30)23-24-19(12-27(3,4)14-21(24)32)31(8-2)20-13-28(5,6)15-22(33)25(20)23/h1,10-11,23H,8-9,12-15H2,2-6H3. The predicted molar refractivity (Wildman–Crippen MR) is 141 cm³/mol. The number of ketones is 2. The minimum absolute atomic E-state index is 0.117. The zero-order chi connectivity index (χ0) is 25.0. The number of nitrogens with zero attached hydrogens (tertiary/aromatic N) is 1. The van der Waals surface area contributed by atoms with E-state index in [1.54, 1.807) is 0 Å². The molecule has 0 radical (unpaired) electrons. The van der Waals surface area contributed by atoms with E-state index >= 15 is 0 Å². The number of carbonyl (C=O) groups is 2. The number of halogens is 2. The van der Waals surface area contributed by atoms with Gasteiger partial charge >= 0.3 is 0 Å². The van der Waals surface area contributed by atoms with Crippen molar-refractivity contribution < 1.29 is 14.3 Å². The van der Waals surface area contributed by atoms with Gasteiger partial charge in [0.15, 0.2) is 11.6 Å². The van der Waals surface area contributed by atoms with Crippen molar-refractivity contribution in [3.63, 3.8) is 0 Å². The molecular formula is C28H31Br2NO3. The molecular weight excluding hydrogens is 558 g/mol. The third-order valence-electron chi connectivity index (χ3n) is 6.99. The van der Waals surface area contributed by atoms with Gasteiger partial charge in [-0.3, -0.25) is 9.59 Å². The van der Waals surface area contributed by atoms with Crippen LogP contribution in [0.1, 0.15) is 71.8 Å². The second kappa shape index (κ2) is 8.99. The number of rotatable bonds is 4. The first-order chi connectivity index (χ1) is 15.9. The summed E-state index contributed by atoms with van der Waals surface area (Å²) in [6, 6.07) is 3.94. The van der Waals surface area contributed by atoms with Crippen LogP contribution in [-0.4, -0.2) is 29.6 Å². The zero-order valence-corrected chi connectivity index (χ0v) is 23.7. The Morgan fingerprint density at radius 2 is 1.44 bits per heavy atom. The molecule has 1 aliphatic heterocycles. The number of Topliss-reactive ketones (excluding diaryl/α,β-unsaturated/α-hetero) is 2. The predicted octanol–water partition coefficient (Wildman–Crippen LogP) is 6.93. The molecule has 0 saturated heterocycles. The molecule has 180 valence electrons. The average Bonchev–Trinajstić information content (AvgIpc) is 2.70. The number of carbonyl (C=O) groups excluding carboxylic acids is 2. The van der Waals surface area contributed by atoms with E-state index < -0.39 is 0 Å². The number of allylic oxidation sites excluding steroid dienone is 4. The summed E-state index contributed by atoms with van der Waals surface area (Å²) in [4.78, 5) is 29.6. The summed E-state index contributed by atoms with van der Waals surface area (Å²) in [7, 11) is 0.